The highest BCUT2D eigenvalue weighted by molar-refractivity contribution is 7.14. The molecule has 0 fully saturated rings. The van der Waals surface area contributed by atoms with Crippen LogP contribution in [-0.4, -0.2) is 33.4 Å². The van der Waals surface area contributed by atoms with E-state index in [2.05, 4.69) is 25.6 Å². The van der Waals surface area contributed by atoms with Gasteiger partial charge in [-0.05, 0) is 19.1 Å². The number of esters is 1. The zero-order valence-corrected chi connectivity index (χ0v) is 15.4. The van der Waals surface area contributed by atoms with Crippen molar-refractivity contribution in [3.63, 3.8) is 0 Å². The van der Waals surface area contributed by atoms with E-state index in [0.29, 0.717) is 22.6 Å². The summed E-state index contributed by atoms with van der Waals surface area (Å²) >= 11 is 2.56. The van der Waals surface area contributed by atoms with Gasteiger partial charge in [0.15, 0.2) is 10.3 Å². The topological polar surface area (TPSA) is 106 Å². The molecular formula is C16H15N5O3S2. The monoisotopic (exact) mass is 389 g/mol. The van der Waals surface area contributed by atoms with Gasteiger partial charge in [0, 0.05) is 17.0 Å². The number of amides is 1. The molecule has 0 atom stereocenters. The molecule has 3 aromatic heterocycles. The fourth-order valence-electron chi connectivity index (χ4n) is 1.96. The SMILES string of the molecule is CCOC(=O)Cc1csc(NC(=O)c2csc(Nc3cccnc3)n2)n1. The highest BCUT2D eigenvalue weighted by Crippen LogP contribution is 2.22. The van der Waals surface area contributed by atoms with Crippen LogP contribution >= 0.6 is 22.7 Å². The Morgan fingerprint density at radius 1 is 1.19 bits per heavy atom. The number of hydrogen-bond acceptors (Lipinski definition) is 9. The minimum atomic E-state index is -0.363. The summed E-state index contributed by atoms with van der Waals surface area (Å²) in [6.07, 6.45) is 3.42. The highest BCUT2D eigenvalue weighted by atomic mass is 32.1. The van der Waals surface area contributed by atoms with E-state index in [-0.39, 0.29) is 24.0 Å². The molecule has 0 aliphatic rings. The molecular weight excluding hydrogens is 374 g/mol. The number of carbonyl (C=O) groups is 2. The molecule has 3 heterocycles. The third-order valence-corrected chi connectivity index (χ3v) is 4.62. The molecule has 3 aromatic rings. The number of pyridine rings is 1. The van der Waals surface area contributed by atoms with Gasteiger partial charge in [0.05, 0.1) is 30.6 Å². The van der Waals surface area contributed by atoms with Crippen molar-refractivity contribution in [1.82, 2.24) is 15.0 Å². The first kappa shape index (κ1) is 18.0. The lowest BCUT2D eigenvalue weighted by molar-refractivity contribution is -0.142. The fourth-order valence-corrected chi connectivity index (χ4v) is 3.38. The van der Waals surface area contributed by atoms with E-state index in [1.54, 1.807) is 36.1 Å². The first-order valence-corrected chi connectivity index (χ1v) is 9.44. The van der Waals surface area contributed by atoms with Gasteiger partial charge in [-0.25, -0.2) is 9.97 Å². The van der Waals surface area contributed by atoms with Crippen LogP contribution in [0.1, 0.15) is 23.1 Å². The standard InChI is InChI=1S/C16H15N5O3S2/c1-2-24-13(22)6-11-8-25-16(19-11)21-14(23)12-9-26-15(20-12)18-10-4-3-5-17-7-10/h3-5,7-9H,2,6H2,1H3,(H,18,20)(H,19,21,23). The van der Waals surface area contributed by atoms with E-state index in [1.807, 2.05) is 6.07 Å². The minimum absolute atomic E-state index is 0.0795. The van der Waals surface area contributed by atoms with Crippen molar-refractivity contribution in [3.8, 4) is 0 Å². The maximum Gasteiger partial charge on any atom is 0.311 e. The zero-order chi connectivity index (χ0) is 18.4. The Kier molecular flexibility index (Phi) is 5.87. The van der Waals surface area contributed by atoms with Crippen molar-refractivity contribution in [2.24, 2.45) is 0 Å². The van der Waals surface area contributed by atoms with Crippen molar-refractivity contribution in [2.75, 3.05) is 17.2 Å². The van der Waals surface area contributed by atoms with Gasteiger partial charge < -0.3 is 10.1 Å². The van der Waals surface area contributed by atoms with E-state index < -0.39 is 0 Å². The first-order chi connectivity index (χ1) is 12.6. The van der Waals surface area contributed by atoms with Crippen LogP contribution in [0.15, 0.2) is 35.3 Å². The molecule has 0 radical (unpaired) electrons. The van der Waals surface area contributed by atoms with Crippen molar-refractivity contribution < 1.29 is 14.3 Å². The first-order valence-electron chi connectivity index (χ1n) is 7.68. The van der Waals surface area contributed by atoms with E-state index in [4.69, 9.17) is 4.74 Å². The van der Waals surface area contributed by atoms with Gasteiger partial charge in [-0.2, -0.15) is 0 Å². The van der Waals surface area contributed by atoms with Crippen molar-refractivity contribution in [3.05, 3.63) is 46.7 Å². The highest BCUT2D eigenvalue weighted by Gasteiger charge is 2.14. The van der Waals surface area contributed by atoms with Crippen LogP contribution in [0.25, 0.3) is 0 Å². The smallest absolute Gasteiger partial charge is 0.311 e. The summed E-state index contributed by atoms with van der Waals surface area (Å²) in [4.78, 5) is 36.2. The van der Waals surface area contributed by atoms with Gasteiger partial charge in [-0.15, -0.1) is 22.7 Å². The summed E-state index contributed by atoms with van der Waals surface area (Å²) in [5.74, 6) is -0.709. The molecule has 0 bridgehead atoms. The summed E-state index contributed by atoms with van der Waals surface area (Å²) in [6.45, 7) is 2.07. The van der Waals surface area contributed by atoms with Gasteiger partial charge in [0.2, 0.25) is 0 Å². The molecule has 0 unspecified atom stereocenters. The molecule has 10 heteroatoms. The lowest BCUT2D eigenvalue weighted by Crippen LogP contribution is -2.12. The van der Waals surface area contributed by atoms with Gasteiger partial charge in [-0.3, -0.25) is 19.9 Å². The molecule has 3 rings (SSSR count). The minimum Gasteiger partial charge on any atom is -0.466 e. The molecule has 1 amide bonds. The Morgan fingerprint density at radius 3 is 2.81 bits per heavy atom. The average molecular weight is 389 g/mol. The number of nitrogens with zero attached hydrogens (tertiary/aromatic N) is 3. The maximum absolute atomic E-state index is 12.3. The number of thiazole rings is 2. The lowest BCUT2D eigenvalue weighted by Gasteiger charge is -2.00. The van der Waals surface area contributed by atoms with Crippen molar-refractivity contribution in [2.45, 2.75) is 13.3 Å². The molecule has 0 saturated heterocycles. The van der Waals surface area contributed by atoms with Crippen LogP contribution in [0.3, 0.4) is 0 Å². The third-order valence-electron chi connectivity index (χ3n) is 3.05. The molecule has 26 heavy (non-hydrogen) atoms. The van der Waals surface area contributed by atoms with E-state index in [1.165, 1.54) is 22.7 Å². The van der Waals surface area contributed by atoms with Crippen LogP contribution in [0.4, 0.5) is 16.0 Å². The second-order valence-corrected chi connectivity index (χ2v) is 6.70. The number of nitrogens with one attached hydrogen (secondary N) is 2. The second kappa shape index (κ2) is 8.50. The lowest BCUT2D eigenvalue weighted by atomic mass is 10.3. The Labute approximate surface area is 157 Å². The zero-order valence-electron chi connectivity index (χ0n) is 13.8. The van der Waals surface area contributed by atoms with Crippen molar-refractivity contribution >= 4 is 50.5 Å². The Morgan fingerprint density at radius 2 is 2.04 bits per heavy atom. The predicted molar refractivity (Wildman–Crippen MR) is 100 cm³/mol. The Hall–Kier alpha value is -2.85. The van der Waals surface area contributed by atoms with Crippen LogP contribution in [0, 0.1) is 0 Å². The Balaban J connectivity index is 1.58. The van der Waals surface area contributed by atoms with E-state index >= 15 is 0 Å². The summed E-state index contributed by atoms with van der Waals surface area (Å²) in [5, 5.41) is 10.1. The predicted octanol–water partition coefficient (Wildman–Crippen LogP) is 3.10. The Bertz CT molecular complexity index is 894. The average Bonchev–Trinajstić information content (AvgIpc) is 3.26. The van der Waals surface area contributed by atoms with Gasteiger partial charge in [0.1, 0.15) is 5.69 Å². The number of carbonyl (C=O) groups excluding carboxylic acids is 2. The molecule has 2 N–H and O–H groups in total. The van der Waals surface area contributed by atoms with Gasteiger partial charge >= 0.3 is 5.97 Å². The number of ether oxygens (including phenoxy) is 1. The third kappa shape index (κ3) is 4.83. The summed E-state index contributed by atoms with van der Waals surface area (Å²) in [7, 11) is 0. The largest absolute Gasteiger partial charge is 0.466 e. The van der Waals surface area contributed by atoms with Crippen LogP contribution in [-0.2, 0) is 16.0 Å². The second-order valence-electron chi connectivity index (χ2n) is 4.98. The van der Waals surface area contributed by atoms with Crippen LogP contribution < -0.4 is 10.6 Å². The summed E-state index contributed by atoms with van der Waals surface area (Å²) in [6, 6.07) is 3.66. The van der Waals surface area contributed by atoms with E-state index in [9.17, 15) is 9.59 Å². The summed E-state index contributed by atoms with van der Waals surface area (Å²) < 4.78 is 4.88. The number of aromatic nitrogens is 3. The molecule has 0 aliphatic heterocycles. The fraction of sp³-hybridized carbons (Fsp3) is 0.188. The van der Waals surface area contributed by atoms with Crippen molar-refractivity contribution in [1.29, 1.82) is 0 Å². The normalized spacial score (nSPS) is 10.3. The number of hydrogen-bond donors (Lipinski definition) is 2. The van der Waals surface area contributed by atoms with Gasteiger partial charge in [-0.1, -0.05) is 0 Å². The number of rotatable bonds is 7. The molecule has 8 nitrogen and oxygen atoms in total. The molecule has 134 valence electrons. The van der Waals surface area contributed by atoms with E-state index in [0.717, 1.165) is 5.69 Å². The van der Waals surface area contributed by atoms with Crippen LogP contribution in [0.2, 0.25) is 0 Å². The summed E-state index contributed by atoms with van der Waals surface area (Å²) in [5.41, 5.74) is 1.63. The molecule has 0 aromatic carbocycles. The van der Waals surface area contributed by atoms with Crippen LogP contribution in [0.5, 0.6) is 0 Å². The quantitative estimate of drug-likeness (QED) is 0.598. The molecule has 0 saturated carbocycles. The molecule has 0 aliphatic carbocycles. The van der Waals surface area contributed by atoms with Gasteiger partial charge in [0.25, 0.3) is 5.91 Å². The maximum atomic E-state index is 12.3. The number of anilines is 3. The molecule has 0 spiro atoms.